The van der Waals surface area contributed by atoms with E-state index in [-0.39, 0.29) is 6.04 Å². The Labute approximate surface area is 99.0 Å². The van der Waals surface area contributed by atoms with Crippen LogP contribution in [0.2, 0.25) is 0 Å². The Morgan fingerprint density at radius 3 is 2.75 bits per heavy atom. The predicted molar refractivity (Wildman–Crippen MR) is 66.0 cm³/mol. The first kappa shape index (κ1) is 13.4. The van der Waals surface area contributed by atoms with E-state index in [0.29, 0.717) is 6.04 Å². The highest BCUT2D eigenvalue weighted by atomic mass is 15.2. The molecule has 2 N–H and O–H groups in total. The van der Waals surface area contributed by atoms with Crippen LogP contribution in [0.4, 0.5) is 0 Å². The maximum Gasteiger partial charge on any atom is 0.0940 e. The molecule has 0 amide bonds. The highest BCUT2D eigenvalue weighted by molar-refractivity contribution is 4.89. The largest absolute Gasteiger partial charge is 0.316 e. The van der Waals surface area contributed by atoms with Gasteiger partial charge in [0, 0.05) is 19.1 Å². The van der Waals surface area contributed by atoms with Crippen molar-refractivity contribution < 1.29 is 0 Å². The van der Waals surface area contributed by atoms with Gasteiger partial charge in [-0.25, -0.2) is 0 Å². The van der Waals surface area contributed by atoms with Gasteiger partial charge in [-0.15, -0.1) is 0 Å². The van der Waals surface area contributed by atoms with Crippen molar-refractivity contribution >= 4 is 0 Å². The molecule has 1 saturated heterocycles. The Balaban J connectivity index is 2.27. The predicted octanol–water partition coefficient (Wildman–Crippen LogP) is 0.643. The normalized spacial score (nSPS) is 23.6. The van der Waals surface area contributed by atoms with Gasteiger partial charge in [-0.05, 0) is 32.5 Å². The summed E-state index contributed by atoms with van der Waals surface area (Å²) in [5.74, 6) is 0. The van der Waals surface area contributed by atoms with Crippen molar-refractivity contribution in [3.8, 4) is 6.07 Å². The number of nitrogens with two attached hydrogens (primary N) is 1. The van der Waals surface area contributed by atoms with Crippen LogP contribution < -0.4 is 5.73 Å². The van der Waals surface area contributed by atoms with Gasteiger partial charge in [0.2, 0.25) is 0 Å². The average molecular weight is 224 g/mol. The molecule has 1 heterocycles. The quantitative estimate of drug-likeness (QED) is 0.719. The zero-order valence-electron chi connectivity index (χ0n) is 10.5. The molecule has 0 aliphatic carbocycles. The van der Waals surface area contributed by atoms with E-state index in [1.165, 1.54) is 6.42 Å². The van der Waals surface area contributed by atoms with Crippen LogP contribution in [0.25, 0.3) is 0 Å². The summed E-state index contributed by atoms with van der Waals surface area (Å²) >= 11 is 0. The lowest BCUT2D eigenvalue weighted by molar-refractivity contribution is 0.210. The van der Waals surface area contributed by atoms with Crippen molar-refractivity contribution in [2.75, 3.05) is 32.7 Å². The van der Waals surface area contributed by atoms with Gasteiger partial charge in [0.05, 0.1) is 12.1 Å². The lowest BCUT2D eigenvalue weighted by Crippen LogP contribution is -2.37. The number of nitrogens with zero attached hydrogens (tertiary/aromatic N) is 3. The van der Waals surface area contributed by atoms with E-state index in [1.54, 1.807) is 0 Å². The van der Waals surface area contributed by atoms with E-state index in [2.05, 4.69) is 29.7 Å². The van der Waals surface area contributed by atoms with Gasteiger partial charge >= 0.3 is 0 Å². The van der Waals surface area contributed by atoms with Crippen LogP contribution in [0.15, 0.2) is 0 Å². The fourth-order valence-electron chi connectivity index (χ4n) is 2.44. The van der Waals surface area contributed by atoms with Gasteiger partial charge in [0.1, 0.15) is 0 Å². The molecule has 92 valence electrons. The molecule has 0 saturated carbocycles. The number of nitriles is 1. The second-order valence-corrected chi connectivity index (χ2v) is 4.49. The first-order chi connectivity index (χ1) is 7.71. The molecule has 1 aliphatic heterocycles. The molecule has 1 rings (SSSR count). The summed E-state index contributed by atoms with van der Waals surface area (Å²) in [5, 5.41) is 8.62. The number of hydrogen-bond acceptors (Lipinski definition) is 4. The molecule has 2 atom stereocenters. The second kappa shape index (κ2) is 6.85. The smallest absolute Gasteiger partial charge is 0.0940 e. The standard InChI is InChI=1S/C12H24N4/c1-3-16(4-2)12-6-8-15(10-12)7-5-11(14)9-13/h11-12H,3-8,10,14H2,1-2H3. The first-order valence-corrected chi connectivity index (χ1v) is 6.32. The van der Waals surface area contributed by atoms with Crippen LogP contribution in [0.1, 0.15) is 26.7 Å². The molecule has 0 aromatic carbocycles. The summed E-state index contributed by atoms with van der Waals surface area (Å²) in [6.45, 7) is 9.96. The summed E-state index contributed by atoms with van der Waals surface area (Å²) < 4.78 is 0. The highest BCUT2D eigenvalue weighted by Crippen LogP contribution is 2.15. The third-order valence-electron chi connectivity index (χ3n) is 3.50. The fourth-order valence-corrected chi connectivity index (χ4v) is 2.44. The zero-order chi connectivity index (χ0) is 12.0. The van der Waals surface area contributed by atoms with Crippen molar-refractivity contribution in [2.45, 2.75) is 38.8 Å². The Morgan fingerprint density at radius 2 is 2.19 bits per heavy atom. The Kier molecular flexibility index (Phi) is 5.75. The third kappa shape index (κ3) is 3.75. The average Bonchev–Trinajstić information content (AvgIpc) is 2.76. The summed E-state index contributed by atoms with van der Waals surface area (Å²) in [6, 6.07) is 2.49. The third-order valence-corrected chi connectivity index (χ3v) is 3.50. The van der Waals surface area contributed by atoms with Gasteiger partial charge in [-0.3, -0.25) is 4.90 Å². The fraction of sp³-hybridized carbons (Fsp3) is 0.917. The van der Waals surface area contributed by atoms with Gasteiger partial charge < -0.3 is 10.6 Å². The molecule has 0 aromatic heterocycles. The van der Waals surface area contributed by atoms with E-state index in [4.69, 9.17) is 11.0 Å². The molecule has 0 bridgehead atoms. The van der Waals surface area contributed by atoms with Gasteiger partial charge in [-0.1, -0.05) is 13.8 Å². The molecule has 0 aromatic rings. The van der Waals surface area contributed by atoms with Gasteiger partial charge in [0.25, 0.3) is 0 Å². The monoisotopic (exact) mass is 224 g/mol. The molecule has 2 unspecified atom stereocenters. The van der Waals surface area contributed by atoms with E-state index >= 15 is 0 Å². The number of hydrogen-bond donors (Lipinski definition) is 1. The van der Waals surface area contributed by atoms with Gasteiger partial charge in [0.15, 0.2) is 0 Å². The Hall–Kier alpha value is -0.630. The SMILES string of the molecule is CCN(CC)C1CCN(CCC(N)C#N)C1. The lowest BCUT2D eigenvalue weighted by atomic mass is 10.2. The van der Waals surface area contributed by atoms with Crippen molar-refractivity contribution in [3.05, 3.63) is 0 Å². The zero-order valence-corrected chi connectivity index (χ0v) is 10.5. The number of likely N-dealkylation sites (N-methyl/N-ethyl adjacent to an activating group) is 1. The maximum absolute atomic E-state index is 8.62. The molecule has 4 nitrogen and oxygen atoms in total. The number of likely N-dealkylation sites (tertiary alicyclic amines) is 1. The van der Waals surface area contributed by atoms with Gasteiger partial charge in [-0.2, -0.15) is 5.26 Å². The molecule has 0 radical (unpaired) electrons. The van der Waals surface area contributed by atoms with E-state index in [1.807, 2.05) is 0 Å². The molecule has 0 spiro atoms. The topological polar surface area (TPSA) is 56.3 Å². The summed E-state index contributed by atoms with van der Waals surface area (Å²) in [5.41, 5.74) is 5.60. The van der Waals surface area contributed by atoms with E-state index in [0.717, 1.165) is 39.1 Å². The summed E-state index contributed by atoms with van der Waals surface area (Å²) in [7, 11) is 0. The molecule has 1 fully saturated rings. The minimum Gasteiger partial charge on any atom is -0.316 e. The Morgan fingerprint density at radius 1 is 1.50 bits per heavy atom. The van der Waals surface area contributed by atoms with Crippen molar-refractivity contribution in [2.24, 2.45) is 5.73 Å². The summed E-state index contributed by atoms with van der Waals surface area (Å²) in [6.07, 6.45) is 2.05. The van der Waals surface area contributed by atoms with Crippen LogP contribution in [-0.4, -0.2) is 54.6 Å². The molecule has 4 heteroatoms. The highest BCUT2D eigenvalue weighted by Gasteiger charge is 2.25. The molecule has 16 heavy (non-hydrogen) atoms. The van der Waals surface area contributed by atoms with Crippen LogP contribution in [0.5, 0.6) is 0 Å². The van der Waals surface area contributed by atoms with Crippen molar-refractivity contribution in [1.82, 2.24) is 9.80 Å². The Bertz CT molecular complexity index is 232. The maximum atomic E-state index is 8.62. The number of rotatable bonds is 6. The van der Waals surface area contributed by atoms with Crippen LogP contribution in [-0.2, 0) is 0 Å². The second-order valence-electron chi connectivity index (χ2n) is 4.49. The lowest BCUT2D eigenvalue weighted by Gasteiger charge is -2.26. The van der Waals surface area contributed by atoms with Crippen molar-refractivity contribution in [1.29, 1.82) is 5.26 Å². The molecular formula is C12H24N4. The summed E-state index contributed by atoms with van der Waals surface area (Å²) in [4.78, 5) is 4.95. The first-order valence-electron chi connectivity index (χ1n) is 6.32. The van der Waals surface area contributed by atoms with Crippen LogP contribution >= 0.6 is 0 Å². The van der Waals surface area contributed by atoms with Crippen LogP contribution in [0, 0.1) is 11.3 Å². The van der Waals surface area contributed by atoms with E-state index < -0.39 is 0 Å². The minimum atomic E-state index is -0.299. The molecule has 1 aliphatic rings. The molecular weight excluding hydrogens is 200 g/mol. The van der Waals surface area contributed by atoms with Crippen molar-refractivity contribution in [3.63, 3.8) is 0 Å². The van der Waals surface area contributed by atoms with Crippen LogP contribution in [0.3, 0.4) is 0 Å². The van der Waals surface area contributed by atoms with E-state index in [9.17, 15) is 0 Å². The minimum absolute atomic E-state index is 0.299.